The number of hydrazine groups is 1. The van der Waals surface area contributed by atoms with Gasteiger partial charge in [-0.1, -0.05) is 24.3 Å². The third kappa shape index (κ3) is 2.33. The predicted octanol–water partition coefficient (Wildman–Crippen LogP) is 2.34. The Morgan fingerprint density at radius 2 is 1.62 bits per heavy atom. The second-order valence-corrected chi connectivity index (χ2v) is 3.30. The van der Waals surface area contributed by atoms with Gasteiger partial charge in [0.05, 0.1) is 0 Å². The summed E-state index contributed by atoms with van der Waals surface area (Å²) in [5.74, 6) is 5.56. The van der Waals surface area contributed by atoms with Gasteiger partial charge in [0.1, 0.15) is 0 Å². The standard InChI is InChI=1S/C11H16N2/c1-3-5-11(6-4-2)7-9-13(12)10-8-11/h3-4,7-10H,1-2,5-6,12H2. The van der Waals surface area contributed by atoms with Gasteiger partial charge in [-0.2, -0.15) is 0 Å². The molecule has 1 aliphatic heterocycles. The van der Waals surface area contributed by atoms with Gasteiger partial charge >= 0.3 is 0 Å². The highest BCUT2D eigenvalue weighted by Crippen LogP contribution is 2.33. The van der Waals surface area contributed by atoms with Gasteiger partial charge < -0.3 is 0 Å². The predicted molar refractivity (Wildman–Crippen MR) is 56.4 cm³/mol. The summed E-state index contributed by atoms with van der Waals surface area (Å²) in [6.45, 7) is 7.51. The van der Waals surface area contributed by atoms with E-state index in [9.17, 15) is 0 Å². The summed E-state index contributed by atoms with van der Waals surface area (Å²) in [7, 11) is 0. The molecule has 0 atom stereocenters. The molecular weight excluding hydrogens is 160 g/mol. The largest absolute Gasteiger partial charge is 0.295 e. The van der Waals surface area contributed by atoms with Crippen molar-refractivity contribution in [2.75, 3.05) is 0 Å². The fourth-order valence-electron chi connectivity index (χ4n) is 1.47. The van der Waals surface area contributed by atoms with Gasteiger partial charge in [0.15, 0.2) is 0 Å². The normalized spacial score (nSPS) is 18.7. The van der Waals surface area contributed by atoms with Crippen LogP contribution in [0, 0.1) is 5.41 Å². The molecule has 0 aromatic rings. The molecule has 0 aromatic heterocycles. The minimum atomic E-state index is 0.0410. The summed E-state index contributed by atoms with van der Waals surface area (Å²) in [5, 5.41) is 1.55. The Kier molecular flexibility index (Phi) is 3.09. The zero-order chi connectivity index (χ0) is 9.73. The fourth-order valence-corrected chi connectivity index (χ4v) is 1.47. The Labute approximate surface area is 79.7 Å². The molecule has 0 unspecified atom stereocenters. The molecule has 0 saturated carbocycles. The molecule has 0 bridgehead atoms. The monoisotopic (exact) mass is 176 g/mol. The van der Waals surface area contributed by atoms with Crippen LogP contribution in [0.25, 0.3) is 0 Å². The van der Waals surface area contributed by atoms with E-state index in [2.05, 4.69) is 25.3 Å². The second-order valence-electron chi connectivity index (χ2n) is 3.30. The lowest BCUT2D eigenvalue weighted by Gasteiger charge is -2.29. The summed E-state index contributed by atoms with van der Waals surface area (Å²) in [6.07, 6.45) is 13.6. The third-order valence-electron chi connectivity index (χ3n) is 2.21. The van der Waals surface area contributed by atoms with E-state index in [0.29, 0.717) is 0 Å². The number of hydrogen-bond acceptors (Lipinski definition) is 2. The molecule has 0 fully saturated rings. The Bertz CT molecular complexity index is 225. The highest BCUT2D eigenvalue weighted by atomic mass is 15.4. The number of rotatable bonds is 4. The topological polar surface area (TPSA) is 29.3 Å². The molecule has 70 valence electrons. The Balaban J connectivity index is 2.79. The van der Waals surface area contributed by atoms with Crippen LogP contribution in [-0.4, -0.2) is 5.01 Å². The van der Waals surface area contributed by atoms with Gasteiger partial charge in [0.25, 0.3) is 0 Å². The molecule has 0 saturated heterocycles. The maximum absolute atomic E-state index is 5.56. The van der Waals surface area contributed by atoms with Crippen molar-refractivity contribution < 1.29 is 0 Å². The minimum absolute atomic E-state index is 0.0410. The molecular formula is C11H16N2. The Hall–Kier alpha value is -1.28. The highest BCUT2D eigenvalue weighted by Gasteiger charge is 2.22. The zero-order valence-corrected chi connectivity index (χ0v) is 7.82. The molecule has 1 aliphatic rings. The van der Waals surface area contributed by atoms with Crippen molar-refractivity contribution in [3.8, 4) is 0 Å². The molecule has 2 nitrogen and oxygen atoms in total. The van der Waals surface area contributed by atoms with E-state index in [1.165, 1.54) is 0 Å². The van der Waals surface area contributed by atoms with Crippen LogP contribution in [0.3, 0.4) is 0 Å². The number of nitrogens with zero attached hydrogens (tertiary/aromatic N) is 1. The summed E-state index contributed by atoms with van der Waals surface area (Å²) >= 11 is 0. The first-order valence-electron chi connectivity index (χ1n) is 4.36. The van der Waals surface area contributed by atoms with Crippen molar-refractivity contribution in [2.24, 2.45) is 11.3 Å². The van der Waals surface area contributed by atoms with Crippen molar-refractivity contribution in [1.29, 1.82) is 0 Å². The molecule has 0 amide bonds. The van der Waals surface area contributed by atoms with Crippen molar-refractivity contribution in [3.05, 3.63) is 49.9 Å². The second kappa shape index (κ2) is 4.10. The van der Waals surface area contributed by atoms with Crippen LogP contribution in [0.2, 0.25) is 0 Å². The highest BCUT2D eigenvalue weighted by molar-refractivity contribution is 5.19. The lowest BCUT2D eigenvalue weighted by Crippen LogP contribution is -2.25. The van der Waals surface area contributed by atoms with E-state index in [1.54, 1.807) is 5.01 Å². The van der Waals surface area contributed by atoms with Crippen LogP contribution >= 0.6 is 0 Å². The van der Waals surface area contributed by atoms with Crippen molar-refractivity contribution in [2.45, 2.75) is 12.8 Å². The minimum Gasteiger partial charge on any atom is -0.295 e. The van der Waals surface area contributed by atoms with Crippen molar-refractivity contribution in [1.82, 2.24) is 5.01 Å². The van der Waals surface area contributed by atoms with Gasteiger partial charge in [-0.25, -0.2) is 5.84 Å². The molecule has 2 heteroatoms. The van der Waals surface area contributed by atoms with Crippen molar-refractivity contribution >= 4 is 0 Å². The van der Waals surface area contributed by atoms with Crippen molar-refractivity contribution in [3.63, 3.8) is 0 Å². The van der Waals surface area contributed by atoms with Gasteiger partial charge in [-0.3, -0.25) is 5.01 Å². The Morgan fingerprint density at radius 3 is 2.00 bits per heavy atom. The number of hydrogen-bond donors (Lipinski definition) is 1. The van der Waals surface area contributed by atoms with Crippen LogP contribution < -0.4 is 5.84 Å². The summed E-state index contributed by atoms with van der Waals surface area (Å²) in [5.41, 5.74) is 0.0410. The molecule has 0 spiro atoms. The maximum atomic E-state index is 5.56. The van der Waals surface area contributed by atoms with Gasteiger partial charge in [0.2, 0.25) is 0 Å². The molecule has 1 rings (SSSR count). The average molecular weight is 176 g/mol. The zero-order valence-electron chi connectivity index (χ0n) is 7.82. The summed E-state index contributed by atoms with van der Waals surface area (Å²) in [6, 6.07) is 0. The lowest BCUT2D eigenvalue weighted by atomic mass is 9.80. The molecule has 0 radical (unpaired) electrons. The molecule has 0 aromatic carbocycles. The molecule has 13 heavy (non-hydrogen) atoms. The number of allylic oxidation sites excluding steroid dienone is 4. The summed E-state index contributed by atoms with van der Waals surface area (Å²) in [4.78, 5) is 0. The fraction of sp³-hybridized carbons (Fsp3) is 0.273. The van der Waals surface area contributed by atoms with Crippen LogP contribution in [0.4, 0.5) is 0 Å². The Morgan fingerprint density at radius 1 is 1.15 bits per heavy atom. The third-order valence-corrected chi connectivity index (χ3v) is 2.21. The van der Waals surface area contributed by atoms with E-state index in [0.717, 1.165) is 12.8 Å². The van der Waals surface area contributed by atoms with Gasteiger partial charge in [0, 0.05) is 17.8 Å². The SMILES string of the molecule is C=CCC1(CC=C)C=CN(N)C=C1. The first-order chi connectivity index (χ1) is 6.22. The van der Waals surface area contributed by atoms with Crippen LogP contribution in [-0.2, 0) is 0 Å². The van der Waals surface area contributed by atoms with Crippen LogP contribution in [0.5, 0.6) is 0 Å². The molecule has 2 N–H and O–H groups in total. The molecule has 0 aliphatic carbocycles. The quantitative estimate of drug-likeness (QED) is 0.526. The van der Waals surface area contributed by atoms with Gasteiger partial charge in [-0.05, 0) is 12.8 Å². The first kappa shape index (κ1) is 9.81. The van der Waals surface area contributed by atoms with Crippen LogP contribution in [0.1, 0.15) is 12.8 Å². The summed E-state index contributed by atoms with van der Waals surface area (Å²) < 4.78 is 0. The smallest absolute Gasteiger partial charge is 0.0175 e. The average Bonchev–Trinajstić information content (AvgIpc) is 2.11. The first-order valence-corrected chi connectivity index (χ1v) is 4.36. The van der Waals surface area contributed by atoms with Gasteiger partial charge in [-0.15, -0.1) is 13.2 Å². The van der Waals surface area contributed by atoms with E-state index in [4.69, 9.17) is 5.84 Å². The lowest BCUT2D eigenvalue weighted by molar-refractivity contribution is 0.438. The van der Waals surface area contributed by atoms with E-state index in [-0.39, 0.29) is 5.41 Å². The molecule has 1 heterocycles. The number of nitrogens with two attached hydrogens (primary N) is 1. The van der Waals surface area contributed by atoms with E-state index >= 15 is 0 Å². The van der Waals surface area contributed by atoms with E-state index < -0.39 is 0 Å². The maximum Gasteiger partial charge on any atom is 0.0175 e. The van der Waals surface area contributed by atoms with Crippen LogP contribution in [0.15, 0.2) is 49.9 Å². The van der Waals surface area contributed by atoms with E-state index in [1.807, 2.05) is 24.6 Å².